The fraction of sp³-hybridized carbons (Fsp3) is 0.500. The lowest BCUT2D eigenvalue weighted by Gasteiger charge is -2.26. The summed E-state index contributed by atoms with van der Waals surface area (Å²) < 4.78 is 31.5. The Bertz CT molecular complexity index is 522. The predicted octanol–water partition coefficient (Wildman–Crippen LogP) is 0.598. The van der Waals surface area contributed by atoms with Crippen LogP contribution in [0.25, 0.3) is 0 Å². The molecule has 0 aromatic heterocycles. The van der Waals surface area contributed by atoms with E-state index in [1.807, 2.05) is 6.92 Å². The summed E-state index contributed by atoms with van der Waals surface area (Å²) in [5, 5.41) is 3.14. The second kappa shape index (κ2) is 5.26. The summed E-state index contributed by atoms with van der Waals surface area (Å²) in [5.74, 6) is 0.703. The third-order valence-corrected chi connectivity index (χ3v) is 4.97. The smallest absolute Gasteiger partial charge is 0.243 e. The van der Waals surface area contributed by atoms with E-state index in [9.17, 15) is 8.42 Å². The average molecular weight is 270 g/mol. The number of ether oxygens (including phenoxy) is 1. The van der Waals surface area contributed by atoms with Crippen LogP contribution >= 0.6 is 0 Å². The zero-order valence-electron chi connectivity index (χ0n) is 10.6. The van der Waals surface area contributed by atoms with Crippen LogP contribution in [0.2, 0.25) is 0 Å². The maximum Gasteiger partial charge on any atom is 0.243 e. The lowest BCUT2D eigenvalue weighted by Crippen LogP contribution is -2.46. The van der Waals surface area contributed by atoms with E-state index < -0.39 is 10.0 Å². The number of hydrogen-bond donors (Lipinski definition) is 1. The minimum absolute atomic E-state index is 0.336. The van der Waals surface area contributed by atoms with E-state index in [-0.39, 0.29) is 0 Å². The molecule has 1 aliphatic rings. The zero-order valence-corrected chi connectivity index (χ0v) is 11.5. The standard InChI is InChI=1S/C12H18N2O3S/c1-10-9-11(3-4-12(10)17-2)18(15,16)14-7-5-13-6-8-14/h3-4,9,13H,5-8H2,1-2H3. The Morgan fingerprint density at radius 3 is 2.50 bits per heavy atom. The second-order valence-electron chi connectivity index (χ2n) is 4.29. The quantitative estimate of drug-likeness (QED) is 0.873. The molecule has 5 nitrogen and oxygen atoms in total. The minimum Gasteiger partial charge on any atom is -0.496 e. The molecule has 1 heterocycles. The molecule has 1 N–H and O–H groups in total. The maximum atomic E-state index is 12.4. The number of methoxy groups -OCH3 is 1. The molecule has 1 aromatic carbocycles. The molecule has 6 heteroatoms. The molecule has 0 bridgehead atoms. The van der Waals surface area contributed by atoms with Crippen LogP contribution in [-0.2, 0) is 10.0 Å². The Labute approximate surface area is 108 Å². The van der Waals surface area contributed by atoms with Crippen molar-refractivity contribution in [3.8, 4) is 5.75 Å². The Kier molecular flexibility index (Phi) is 3.89. The van der Waals surface area contributed by atoms with E-state index in [1.165, 1.54) is 4.31 Å². The summed E-state index contributed by atoms with van der Waals surface area (Å²) >= 11 is 0. The highest BCUT2D eigenvalue weighted by atomic mass is 32.2. The van der Waals surface area contributed by atoms with Gasteiger partial charge in [-0.2, -0.15) is 4.31 Å². The zero-order chi connectivity index (χ0) is 13.2. The van der Waals surface area contributed by atoms with E-state index in [4.69, 9.17) is 4.74 Å². The average Bonchev–Trinajstić information content (AvgIpc) is 2.39. The molecule has 1 aromatic rings. The number of nitrogens with one attached hydrogen (secondary N) is 1. The Balaban J connectivity index is 2.32. The van der Waals surface area contributed by atoms with Crippen LogP contribution in [0.1, 0.15) is 5.56 Å². The lowest BCUT2D eigenvalue weighted by molar-refractivity contribution is 0.360. The molecule has 100 valence electrons. The number of nitrogens with zero attached hydrogens (tertiary/aromatic N) is 1. The first-order valence-corrected chi connectivity index (χ1v) is 7.35. The van der Waals surface area contributed by atoms with Crippen molar-refractivity contribution in [3.05, 3.63) is 23.8 Å². The minimum atomic E-state index is -3.37. The third-order valence-electron chi connectivity index (χ3n) is 3.08. The number of piperazine rings is 1. The highest BCUT2D eigenvalue weighted by molar-refractivity contribution is 7.89. The van der Waals surface area contributed by atoms with Gasteiger partial charge in [-0.15, -0.1) is 0 Å². The number of rotatable bonds is 3. The topological polar surface area (TPSA) is 58.6 Å². The number of benzene rings is 1. The lowest BCUT2D eigenvalue weighted by atomic mass is 10.2. The van der Waals surface area contributed by atoms with Crippen LogP contribution in [0.5, 0.6) is 5.75 Å². The van der Waals surface area contributed by atoms with Gasteiger partial charge in [-0.1, -0.05) is 0 Å². The maximum absolute atomic E-state index is 12.4. The molecule has 18 heavy (non-hydrogen) atoms. The van der Waals surface area contributed by atoms with Gasteiger partial charge < -0.3 is 10.1 Å². The molecule has 1 aliphatic heterocycles. The van der Waals surface area contributed by atoms with E-state index in [2.05, 4.69) is 5.32 Å². The molecular formula is C12H18N2O3S. The van der Waals surface area contributed by atoms with Crippen molar-refractivity contribution in [1.29, 1.82) is 0 Å². The van der Waals surface area contributed by atoms with Crippen LogP contribution in [0.4, 0.5) is 0 Å². The van der Waals surface area contributed by atoms with E-state index in [0.717, 1.165) is 5.56 Å². The van der Waals surface area contributed by atoms with E-state index >= 15 is 0 Å². The van der Waals surface area contributed by atoms with Gasteiger partial charge in [0.15, 0.2) is 0 Å². The van der Waals surface area contributed by atoms with Crippen LogP contribution in [-0.4, -0.2) is 46.0 Å². The van der Waals surface area contributed by atoms with Gasteiger partial charge in [-0.3, -0.25) is 0 Å². The number of aryl methyl sites for hydroxylation is 1. The molecule has 0 aliphatic carbocycles. The summed E-state index contributed by atoms with van der Waals surface area (Å²) in [4.78, 5) is 0.336. The van der Waals surface area contributed by atoms with Crippen LogP contribution in [0, 0.1) is 6.92 Å². The van der Waals surface area contributed by atoms with Crippen LogP contribution < -0.4 is 10.1 Å². The molecule has 2 rings (SSSR count). The van der Waals surface area contributed by atoms with Crippen LogP contribution in [0.3, 0.4) is 0 Å². The Hall–Kier alpha value is -1.11. The molecule has 0 radical (unpaired) electrons. The van der Waals surface area contributed by atoms with Gasteiger partial charge in [0.05, 0.1) is 12.0 Å². The summed E-state index contributed by atoms with van der Waals surface area (Å²) in [6.45, 7) is 4.29. The third kappa shape index (κ3) is 2.50. The molecule has 0 saturated carbocycles. The fourth-order valence-electron chi connectivity index (χ4n) is 2.05. The van der Waals surface area contributed by atoms with Gasteiger partial charge >= 0.3 is 0 Å². The monoisotopic (exact) mass is 270 g/mol. The van der Waals surface area contributed by atoms with Gasteiger partial charge in [-0.05, 0) is 30.7 Å². The first kappa shape index (κ1) is 13.3. The fourth-order valence-corrected chi connectivity index (χ4v) is 3.57. The van der Waals surface area contributed by atoms with Crippen LogP contribution in [0.15, 0.2) is 23.1 Å². The van der Waals surface area contributed by atoms with E-state index in [0.29, 0.717) is 36.8 Å². The van der Waals surface area contributed by atoms with Gasteiger partial charge in [0, 0.05) is 26.2 Å². The van der Waals surface area contributed by atoms with Crippen molar-refractivity contribution < 1.29 is 13.2 Å². The van der Waals surface area contributed by atoms with Crippen molar-refractivity contribution in [2.24, 2.45) is 0 Å². The van der Waals surface area contributed by atoms with Crippen molar-refractivity contribution in [1.82, 2.24) is 9.62 Å². The molecule has 0 spiro atoms. The largest absolute Gasteiger partial charge is 0.496 e. The summed E-state index contributed by atoms with van der Waals surface area (Å²) in [7, 11) is -1.80. The Morgan fingerprint density at radius 1 is 1.28 bits per heavy atom. The normalized spacial score (nSPS) is 17.7. The first-order valence-electron chi connectivity index (χ1n) is 5.91. The van der Waals surface area contributed by atoms with Crippen molar-refractivity contribution in [2.75, 3.05) is 33.3 Å². The van der Waals surface area contributed by atoms with Gasteiger partial charge in [-0.25, -0.2) is 8.42 Å². The van der Waals surface area contributed by atoms with Gasteiger partial charge in [0.25, 0.3) is 0 Å². The highest BCUT2D eigenvalue weighted by Crippen LogP contribution is 2.23. The SMILES string of the molecule is COc1ccc(S(=O)(=O)N2CCNCC2)cc1C. The predicted molar refractivity (Wildman–Crippen MR) is 69.4 cm³/mol. The molecule has 0 amide bonds. The number of hydrogen-bond acceptors (Lipinski definition) is 4. The van der Waals surface area contributed by atoms with Crippen molar-refractivity contribution in [2.45, 2.75) is 11.8 Å². The second-order valence-corrected chi connectivity index (χ2v) is 6.22. The summed E-state index contributed by atoms with van der Waals surface area (Å²) in [5.41, 5.74) is 0.828. The molecule has 1 saturated heterocycles. The highest BCUT2D eigenvalue weighted by Gasteiger charge is 2.26. The first-order chi connectivity index (χ1) is 8.55. The molecule has 1 fully saturated rings. The van der Waals surface area contributed by atoms with Gasteiger partial charge in [0.2, 0.25) is 10.0 Å². The molecule has 0 unspecified atom stereocenters. The van der Waals surface area contributed by atoms with Gasteiger partial charge in [0.1, 0.15) is 5.75 Å². The summed E-state index contributed by atoms with van der Waals surface area (Å²) in [6.07, 6.45) is 0. The van der Waals surface area contributed by atoms with E-state index in [1.54, 1.807) is 25.3 Å². The summed E-state index contributed by atoms with van der Waals surface area (Å²) in [6, 6.07) is 4.96. The van der Waals surface area contributed by atoms with Crippen molar-refractivity contribution >= 4 is 10.0 Å². The number of sulfonamides is 1. The Morgan fingerprint density at radius 2 is 1.94 bits per heavy atom. The molecular weight excluding hydrogens is 252 g/mol. The molecule has 0 atom stereocenters. The van der Waals surface area contributed by atoms with Crippen molar-refractivity contribution in [3.63, 3.8) is 0 Å².